The zero-order chi connectivity index (χ0) is 30.0. The summed E-state index contributed by atoms with van der Waals surface area (Å²) >= 11 is 51.4. The van der Waals surface area contributed by atoms with Gasteiger partial charge < -0.3 is 0 Å². The van der Waals surface area contributed by atoms with Crippen LogP contribution in [0.25, 0.3) is 0 Å². The molecule has 0 N–H and O–H groups in total. The van der Waals surface area contributed by atoms with Crippen LogP contribution >= 0.6 is 92.8 Å². The van der Waals surface area contributed by atoms with Crippen LogP contribution in [0, 0.1) is 16.7 Å². The van der Waals surface area contributed by atoms with Crippen LogP contribution in [0.4, 0.5) is 0 Å². The van der Waals surface area contributed by atoms with Crippen LogP contribution < -0.4 is 0 Å². The molecule has 0 aliphatic rings. The van der Waals surface area contributed by atoms with Crippen LogP contribution in [-0.4, -0.2) is 46.5 Å². The van der Waals surface area contributed by atoms with Crippen molar-refractivity contribution in [2.24, 2.45) is 16.7 Å². The van der Waals surface area contributed by atoms with Crippen LogP contribution in [-0.2, 0) is 0 Å². The summed E-state index contributed by atoms with van der Waals surface area (Å²) in [5.74, 6) is 5.46. The van der Waals surface area contributed by atoms with Crippen LogP contribution in [0.3, 0.4) is 0 Å². The van der Waals surface area contributed by atoms with Gasteiger partial charge in [-0.25, -0.2) is 0 Å². The van der Waals surface area contributed by atoms with Crippen LogP contribution in [0.5, 0.6) is 0 Å². The zero-order valence-corrected chi connectivity index (χ0v) is 31.0. The molecule has 0 radical (unpaired) electrons. The highest BCUT2D eigenvalue weighted by Crippen LogP contribution is 2.63. The van der Waals surface area contributed by atoms with Crippen molar-refractivity contribution in [3.05, 3.63) is 0 Å². The molecule has 0 fully saturated rings. The summed E-state index contributed by atoms with van der Waals surface area (Å²) in [6, 6.07) is 0. The van der Waals surface area contributed by atoms with Crippen molar-refractivity contribution < 1.29 is 0 Å². The van der Waals surface area contributed by atoms with E-state index in [1.54, 1.807) is 0 Å². The second-order valence-electron chi connectivity index (χ2n) is 11.6. The van der Waals surface area contributed by atoms with Gasteiger partial charge in [-0.05, 0) is 107 Å². The average Bonchev–Trinajstić information content (AvgIpc) is 2.95. The van der Waals surface area contributed by atoms with Gasteiger partial charge in [-0.3, -0.25) is 0 Å². The van der Waals surface area contributed by atoms with E-state index in [2.05, 4.69) is 0 Å². The molecule has 0 saturated carbocycles. The van der Waals surface area contributed by atoms with Crippen LogP contribution in [0.15, 0.2) is 0 Å². The molecule has 1 unspecified atom stereocenters. The number of rotatable bonds is 31. The largest absolute Gasteiger partial charge is 0.127 e. The van der Waals surface area contributed by atoms with E-state index in [0.29, 0.717) is 47.1 Å². The molecule has 0 nitrogen and oxygen atoms in total. The first kappa shape index (κ1) is 42.3. The molecule has 0 heterocycles. The van der Waals surface area contributed by atoms with Crippen molar-refractivity contribution in [2.45, 2.75) is 140 Å². The van der Waals surface area contributed by atoms with E-state index in [1.807, 2.05) is 0 Å². The summed E-state index contributed by atoms with van der Waals surface area (Å²) in [6.07, 6.45) is 23.0. The maximum Gasteiger partial charge on any atom is 0.0397 e. The Morgan fingerprint density at radius 1 is 0.325 bits per heavy atom. The van der Waals surface area contributed by atoms with Crippen molar-refractivity contribution in [1.29, 1.82) is 0 Å². The number of hydrogen-bond acceptors (Lipinski definition) is 0. The molecular weight excluding hydrogens is 668 g/mol. The van der Waals surface area contributed by atoms with Crippen molar-refractivity contribution in [2.75, 3.05) is 41.2 Å². The monoisotopic (exact) mass is 722 g/mol. The number of hydrogen-bond donors (Lipinski definition) is 0. The van der Waals surface area contributed by atoms with Crippen molar-refractivity contribution in [1.82, 2.24) is 0 Å². The van der Waals surface area contributed by atoms with Crippen LogP contribution in [0.1, 0.15) is 135 Å². The Balaban J connectivity index is 7.12. The Hall–Kier alpha value is 2.32. The van der Waals surface area contributed by atoms with Gasteiger partial charge in [0.05, 0.1) is 0 Å². The molecule has 0 rings (SSSR count). The molecule has 0 amide bonds. The molecule has 0 aliphatic heterocycles. The van der Waals surface area contributed by atoms with Gasteiger partial charge >= 0.3 is 0 Å². The highest BCUT2D eigenvalue weighted by Gasteiger charge is 2.55. The Labute approximate surface area is 288 Å². The molecule has 40 heavy (non-hydrogen) atoms. The van der Waals surface area contributed by atoms with E-state index >= 15 is 0 Å². The molecule has 8 heteroatoms. The van der Waals surface area contributed by atoms with Crippen LogP contribution in [0.2, 0.25) is 0 Å². The third-order valence-electron chi connectivity index (χ3n) is 9.11. The first-order valence-corrected chi connectivity index (χ1v) is 20.2. The number of unbranched alkanes of at least 4 members (excludes halogenated alkanes) is 7. The second kappa shape index (κ2) is 28.8. The molecule has 1 atom stereocenters. The zero-order valence-electron chi connectivity index (χ0n) is 25.0. The first-order chi connectivity index (χ1) is 19.5. The lowest BCUT2D eigenvalue weighted by Crippen LogP contribution is -2.53. The molecule has 242 valence electrons. The summed E-state index contributed by atoms with van der Waals surface area (Å²) in [5, 5.41) is 0.0805. The van der Waals surface area contributed by atoms with Gasteiger partial charge in [-0.1, -0.05) is 44.9 Å². The topological polar surface area (TPSA) is 0 Å². The average molecular weight is 726 g/mol. The smallest absolute Gasteiger partial charge is 0.0397 e. The minimum Gasteiger partial charge on any atom is -0.127 e. The second-order valence-corrected chi connectivity index (χ2v) is 14.8. The highest BCUT2D eigenvalue weighted by molar-refractivity contribution is 6.21. The first-order valence-electron chi connectivity index (χ1n) is 16.1. The van der Waals surface area contributed by atoms with E-state index in [9.17, 15) is 0 Å². The molecule has 0 spiro atoms. The maximum atomic E-state index is 7.77. The fourth-order valence-electron chi connectivity index (χ4n) is 7.19. The maximum absolute atomic E-state index is 7.77. The minimum atomic E-state index is -0.00971. The third-order valence-corrected chi connectivity index (χ3v) is 11.6. The summed E-state index contributed by atoms with van der Waals surface area (Å²) in [4.78, 5) is 0. The molecule has 0 bridgehead atoms. The van der Waals surface area contributed by atoms with Gasteiger partial charge in [0.15, 0.2) is 0 Å². The highest BCUT2D eigenvalue weighted by atomic mass is 35.5. The Bertz CT molecular complexity index is 503. The molecule has 0 aromatic carbocycles. The molecule has 0 saturated heterocycles. The van der Waals surface area contributed by atoms with E-state index in [-0.39, 0.29) is 16.2 Å². The van der Waals surface area contributed by atoms with Gasteiger partial charge in [0.25, 0.3) is 0 Å². The summed E-state index contributed by atoms with van der Waals surface area (Å²) < 4.78 is 0. The number of halogens is 8. The van der Waals surface area contributed by atoms with E-state index in [0.717, 1.165) is 122 Å². The Kier molecular flexibility index (Phi) is 30.4. The van der Waals surface area contributed by atoms with Crippen molar-refractivity contribution >= 4 is 92.8 Å². The lowest BCUT2D eigenvalue weighted by atomic mass is 9.47. The van der Waals surface area contributed by atoms with Gasteiger partial charge in [0.2, 0.25) is 0 Å². The van der Waals surface area contributed by atoms with E-state index in [1.165, 1.54) is 12.8 Å². The lowest BCUT2D eigenvalue weighted by Gasteiger charge is -2.59. The standard InChI is InChI=1S/C32H58Cl8/c33-22-8-1-15-29(16-2-9-23-34)31(18-4-11-25-36,19-5-12-26-37)32(20-6-13-27-38,21-7-14-28-39)30(40)17-3-10-24-35/h29-30H,1-28H2. The fourth-order valence-corrected chi connectivity index (χ4v) is 9.10. The minimum absolute atomic E-state index is 0.00971. The summed E-state index contributed by atoms with van der Waals surface area (Å²) in [5.41, 5.74) is 0.0833. The molecule has 0 aromatic rings. The predicted molar refractivity (Wildman–Crippen MR) is 190 cm³/mol. The normalized spacial score (nSPS) is 13.4. The third kappa shape index (κ3) is 16.1. The van der Waals surface area contributed by atoms with E-state index < -0.39 is 0 Å². The molecular formula is C32H58Cl8. The molecule has 0 aromatic heterocycles. The molecule has 0 aliphatic carbocycles. The van der Waals surface area contributed by atoms with Gasteiger partial charge in [0.1, 0.15) is 0 Å². The summed E-state index contributed by atoms with van der Waals surface area (Å²) in [6.45, 7) is 0. The fraction of sp³-hybridized carbons (Fsp3) is 1.00. The number of alkyl halides is 8. The quantitative estimate of drug-likeness (QED) is 0.0493. The van der Waals surface area contributed by atoms with Crippen molar-refractivity contribution in [3.8, 4) is 0 Å². The van der Waals surface area contributed by atoms with Gasteiger partial charge in [-0.2, -0.15) is 0 Å². The summed E-state index contributed by atoms with van der Waals surface area (Å²) in [7, 11) is 0. The Morgan fingerprint density at radius 3 is 0.925 bits per heavy atom. The SMILES string of the molecule is ClCCCCC(Cl)C(CCCCCl)(CCCCCl)C(CCCCCl)(CCCCCl)C(CCCCCl)CCCCCl. The predicted octanol–water partition coefficient (Wildman–Crippen LogP) is 14.0. The van der Waals surface area contributed by atoms with Gasteiger partial charge in [-0.15, -0.1) is 92.8 Å². The Morgan fingerprint density at radius 2 is 0.600 bits per heavy atom. The lowest BCUT2D eigenvalue weighted by molar-refractivity contribution is -0.0720. The van der Waals surface area contributed by atoms with E-state index in [4.69, 9.17) is 92.8 Å². The van der Waals surface area contributed by atoms with Gasteiger partial charge in [0, 0.05) is 46.5 Å². The van der Waals surface area contributed by atoms with Crippen molar-refractivity contribution in [3.63, 3.8) is 0 Å².